The third kappa shape index (κ3) is 6.17. The van der Waals surface area contributed by atoms with E-state index >= 15 is 0 Å². The molecule has 6 rings (SSSR count). The van der Waals surface area contributed by atoms with Gasteiger partial charge in [0.2, 0.25) is 0 Å². The second-order valence-corrected chi connectivity index (χ2v) is 10.1. The predicted molar refractivity (Wildman–Crippen MR) is 154 cm³/mol. The van der Waals surface area contributed by atoms with Crippen molar-refractivity contribution in [3.8, 4) is 22.8 Å². The molecule has 4 heterocycles. The fraction of sp³-hybridized carbons (Fsp3) is 0.250. The van der Waals surface area contributed by atoms with Crippen LogP contribution >= 0.6 is 11.6 Å². The Labute approximate surface area is 240 Å². The van der Waals surface area contributed by atoms with Gasteiger partial charge in [-0.3, -0.25) is 9.36 Å². The summed E-state index contributed by atoms with van der Waals surface area (Å²) in [5.41, 5.74) is 2.19. The highest BCUT2D eigenvalue weighted by atomic mass is 35.5. The number of rotatable bonds is 9. The Morgan fingerprint density at radius 1 is 0.927 bits per heavy atom. The lowest BCUT2D eigenvalue weighted by Gasteiger charge is -2.16. The predicted octanol–water partition coefficient (Wildman–Crippen LogP) is 3.83. The zero-order valence-electron chi connectivity index (χ0n) is 22.2. The molecule has 0 saturated heterocycles. The molecule has 2 N–H and O–H groups in total. The third-order valence-corrected chi connectivity index (χ3v) is 7.17. The summed E-state index contributed by atoms with van der Waals surface area (Å²) < 4.78 is 8.47. The van der Waals surface area contributed by atoms with Crippen LogP contribution in [0.15, 0.2) is 78.1 Å². The number of methoxy groups -OCH3 is 1. The maximum atomic E-state index is 12.8. The Hall–Kier alpha value is -4.84. The first-order valence-electron chi connectivity index (χ1n) is 13.1. The molecule has 2 atom stereocenters. The second-order valence-electron chi connectivity index (χ2n) is 9.76. The molecule has 208 valence electrons. The average Bonchev–Trinajstić information content (AvgIpc) is 3.65. The van der Waals surface area contributed by atoms with Crippen molar-refractivity contribution in [3.63, 3.8) is 0 Å². The Bertz CT molecular complexity index is 1670. The van der Waals surface area contributed by atoms with Gasteiger partial charge in [0.25, 0.3) is 5.56 Å². The standard InChI is InChI=1S/C28H27ClN10O2/c1-41-23-8-2-18(3-9-23)16-39-28(35-36-37-39)19-4-11-27(40)38(17-19)22-7-10-25(31-13-22)33-20-5-6-21(12-20)34-26-15-30-24(29)14-32-26/h2-4,7-11,13-15,17,20-21H,5-6,12,16H2,1H3,(H,31,33)(H,32,34)/t20-,21-/m0/s1. The maximum Gasteiger partial charge on any atom is 0.255 e. The quantitative estimate of drug-likeness (QED) is 0.269. The van der Waals surface area contributed by atoms with E-state index in [1.807, 2.05) is 36.4 Å². The summed E-state index contributed by atoms with van der Waals surface area (Å²) >= 11 is 5.82. The molecule has 0 aliphatic heterocycles. The molecule has 0 spiro atoms. The number of hydrogen-bond donors (Lipinski definition) is 2. The van der Waals surface area contributed by atoms with Gasteiger partial charge in [-0.15, -0.1) is 5.10 Å². The van der Waals surface area contributed by atoms with Gasteiger partial charge in [0.05, 0.1) is 37.9 Å². The van der Waals surface area contributed by atoms with Gasteiger partial charge in [0, 0.05) is 29.9 Å². The van der Waals surface area contributed by atoms with Gasteiger partial charge in [-0.05, 0) is 65.6 Å². The molecule has 1 aliphatic carbocycles. The maximum absolute atomic E-state index is 12.8. The first kappa shape index (κ1) is 26.4. The minimum absolute atomic E-state index is 0.180. The van der Waals surface area contributed by atoms with E-state index < -0.39 is 0 Å². The van der Waals surface area contributed by atoms with Gasteiger partial charge in [-0.25, -0.2) is 19.6 Å². The van der Waals surface area contributed by atoms with Crippen LogP contribution < -0.4 is 20.9 Å². The smallest absolute Gasteiger partial charge is 0.255 e. The molecule has 12 nitrogen and oxygen atoms in total. The van der Waals surface area contributed by atoms with E-state index in [0.29, 0.717) is 34.6 Å². The van der Waals surface area contributed by atoms with Crippen molar-refractivity contribution in [2.45, 2.75) is 37.9 Å². The summed E-state index contributed by atoms with van der Waals surface area (Å²) in [4.78, 5) is 25.7. The van der Waals surface area contributed by atoms with Crippen molar-refractivity contribution in [2.24, 2.45) is 0 Å². The van der Waals surface area contributed by atoms with Crippen LogP contribution in [0.1, 0.15) is 24.8 Å². The Morgan fingerprint density at radius 3 is 2.41 bits per heavy atom. The number of anilines is 2. The zero-order valence-corrected chi connectivity index (χ0v) is 22.9. The van der Waals surface area contributed by atoms with E-state index in [2.05, 4.69) is 41.1 Å². The molecule has 4 aromatic heterocycles. The van der Waals surface area contributed by atoms with Crippen molar-refractivity contribution in [2.75, 3.05) is 17.7 Å². The molecule has 1 fully saturated rings. The number of ether oxygens (including phenoxy) is 1. The molecule has 1 aliphatic rings. The van der Waals surface area contributed by atoms with Gasteiger partial charge < -0.3 is 15.4 Å². The summed E-state index contributed by atoms with van der Waals surface area (Å²) in [7, 11) is 1.63. The van der Waals surface area contributed by atoms with Crippen LogP contribution in [0.3, 0.4) is 0 Å². The Balaban J connectivity index is 1.13. The van der Waals surface area contributed by atoms with Crippen molar-refractivity contribution in [1.82, 2.24) is 39.7 Å². The monoisotopic (exact) mass is 570 g/mol. The molecule has 41 heavy (non-hydrogen) atoms. The normalized spacial score (nSPS) is 16.4. The number of benzene rings is 1. The fourth-order valence-corrected chi connectivity index (χ4v) is 5.00. The lowest BCUT2D eigenvalue weighted by Crippen LogP contribution is -2.22. The fourth-order valence-electron chi connectivity index (χ4n) is 4.91. The lowest BCUT2D eigenvalue weighted by atomic mass is 10.2. The number of hydrogen-bond acceptors (Lipinski definition) is 10. The first-order chi connectivity index (χ1) is 20.0. The van der Waals surface area contributed by atoms with Crippen molar-refractivity contribution in [3.05, 3.63) is 94.4 Å². The van der Waals surface area contributed by atoms with Crippen LogP contribution in [0, 0.1) is 0 Å². The minimum atomic E-state index is -0.180. The number of nitrogens with one attached hydrogen (secondary N) is 2. The van der Waals surface area contributed by atoms with E-state index in [9.17, 15) is 4.79 Å². The molecule has 0 unspecified atom stereocenters. The SMILES string of the molecule is COc1ccc(Cn2nnnc2-c2ccc(=O)n(-c3ccc(N[C@H]4CC[C@H](Nc5cnc(Cl)cn5)C4)nc3)c2)cc1. The molecular formula is C28H27ClN10O2. The molecular weight excluding hydrogens is 544 g/mol. The van der Waals surface area contributed by atoms with Crippen LogP contribution in [-0.4, -0.2) is 58.9 Å². The molecule has 1 aromatic carbocycles. The highest BCUT2D eigenvalue weighted by Crippen LogP contribution is 2.25. The number of halogens is 1. The first-order valence-corrected chi connectivity index (χ1v) is 13.5. The van der Waals surface area contributed by atoms with E-state index in [-0.39, 0.29) is 17.6 Å². The molecule has 0 radical (unpaired) electrons. The number of pyridine rings is 2. The Morgan fingerprint density at radius 2 is 1.71 bits per heavy atom. The lowest BCUT2D eigenvalue weighted by molar-refractivity contribution is 0.414. The Kier molecular flexibility index (Phi) is 7.54. The highest BCUT2D eigenvalue weighted by Gasteiger charge is 2.25. The van der Waals surface area contributed by atoms with Gasteiger partial charge in [-0.1, -0.05) is 23.7 Å². The summed E-state index contributed by atoms with van der Waals surface area (Å²) in [5, 5.41) is 19.5. The van der Waals surface area contributed by atoms with Crippen LogP contribution in [-0.2, 0) is 6.54 Å². The molecule has 0 bridgehead atoms. The van der Waals surface area contributed by atoms with Crippen LogP contribution in [0.25, 0.3) is 17.1 Å². The summed E-state index contributed by atoms with van der Waals surface area (Å²) in [5.74, 6) is 2.79. The van der Waals surface area contributed by atoms with Crippen LogP contribution in [0.4, 0.5) is 11.6 Å². The zero-order chi connectivity index (χ0) is 28.2. The third-order valence-electron chi connectivity index (χ3n) is 6.98. The van der Waals surface area contributed by atoms with E-state index in [4.69, 9.17) is 16.3 Å². The van der Waals surface area contributed by atoms with Gasteiger partial charge in [-0.2, -0.15) is 0 Å². The summed E-state index contributed by atoms with van der Waals surface area (Å²) in [6, 6.07) is 15.2. The van der Waals surface area contributed by atoms with E-state index in [1.165, 1.54) is 12.3 Å². The number of aromatic nitrogens is 8. The van der Waals surface area contributed by atoms with Crippen LogP contribution in [0.5, 0.6) is 5.75 Å². The minimum Gasteiger partial charge on any atom is -0.497 e. The largest absolute Gasteiger partial charge is 0.497 e. The second kappa shape index (κ2) is 11.7. The van der Waals surface area contributed by atoms with Gasteiger partial charge in [0.1, 0.15) is 22.5 Å². The molecule has 5 aromatic rings. The summed E-state index contributed by atoms with van der Waals surface area (Å²) in [6.45, 7) is 0.470. The molecule has 0 amide bonds. The average molecular weight is 571 g/mol. The van der Waals surface area contributed by atoms with Crippen molar-refractivity contribution < 1.29 is 4.74 Å². The van der Waals surface area contributed by atoms with Gasteiger partial charge in [0.15, 0.2) is 5.82 Å². The molecule has 13 heteroatoms. The highest BCUT2D eigenvalue weighted by molar-refractivity contribution is 6.29. The molecule has 1 saturated carbocycles. The topological polar surface area (TPSA) is 138 Å². The van der Waals surface area contributed by atoms with E-state index in [1.54, 1.807) is 41.0 Å². The number of nitrogens with zero attached hydrogens (tertiary/aromatic N) is 8. The van der Waals surface area contributed by atoms with Gasteiger partial charge >= 0.3 is 0 Å². The van der Waals surface area contributed by atoms with Crippen molar-refractivity contribution in [1.29, 1.82) is 0 Å². The summed E-state index contributed by atoms with van der Waals surface area (Å²) in [6.07, 6.45) is 9.50. The van der Waals surface area contributed by atoms with Crippen molar-refractivity contribution >= 4 is 23.2 Å². The van der Waals surface area contributed by atoms with E-state index in [0.717, 1.165) is 36.4 Å². The number of tetrazole rings is 1. The van der Waals surface area contributed by atoms with Crippen LogP contribution in [0.2, 0.25) is 5.15 Å².